The lowest BCUT2D eigenvalue weighted by Crippen LogP contribution is -2.16. The first-order valence-corrected chi connectivity index (χ1v) is 4.89. The van der Waals surface area contributed by atoms with Crippen molar-refractivity contribution in [3.63, 3.8) is 0 Å². The van der Waals surface area contributed by atoms with Crippen molar-refractivity contribution in [3.8, 4) is 0 Å². The summed E-state index contributed by atoms with van der Waals surface area (Å²) >= 11 is 3.31. The molecule has 0 aliphatic carbocycles. The number of rotatable bonds is 0. The second-order valence-electron chi connectivity index (χ2n) is 3.68. The monoisotopic (exact) mass is 242 g/mol. The molecular weight excluding hydrogens is 232 g/mol. The molecule has 13 heavy (non-hydrogen) atoms. The van der Waals surface area contributed by atoms with Crippen LogP contribution in [0.25, 0.3) is 0 Å². The minimum atomic E-state index is -0.286. The Morgan fingerprint density at radius 1 is 1.62 bits per heavy atom. The number of ether oxygens (including phenoxy) is 1. The second kappa shape index (κ2) is 2.69. The summed E-state index contributed by atoms with van der Waals surface area (Å²) < 4.78 is 6.28. The lowest BCUT2D eigenvalue weighted by Gasteiger charge is -2.17. The van der Waals surface area contributed by atoms with E-state index in [0.29, 0.717) is 16.9 Å². The molecule has 3 nitrogen and oxygen atoms in total. The van der Waals surface area contributed by atoms with Crippen molar-refractivity contribution in [2.24, 2.45) is 0 Å². The Hall–Kier alpha value is -0.610. The molecule has 0 bridgehead atoms. The van der Waals surface area contributed by atoms with Crippen molar-refractivity contribution in [1.29, 1.82) is 0 Å². The molecule has 2 rings (SSSR count). The largest absolute Gasteiger partial charge is 0.397 e. The van der Waals surface area contributed by atoms with Crippen molar-refractivity contribution < 1.29 is 4.74 Å². The van der Waals surface area contributed by atoms with Gasteiger partial charge < -0.3 is 10.5 Å². The van der Waals surface area contributed by atoms with Crippen LogP contribution in [0.3, 0.4) is 0 Å². The van der Waals surface area contributed by atoms with E-state index in [2.05, 4.69) is 20.9 Å². The summed E-state index contributed by atoms with van der Waals surface area (Å²) in [5.74, 6) is 0. The van der Waals surface area contributed by atoms with Gasteiger partial charge >= 0.3 is 0 Å². The molecule has 0 spiro atoms. The van der Waals surface area contributed by atoms with Crippen LogP contribution >= 0.6 is 15.9 Å². The van der Waals surface area contributed by atoms with Crippen LogP contribution in [0.5, 0.6) is 0 Å². The molecule has 1 aromatic heterocycles. The topological polar surface area (TPSA) is 48.1 Å². The molecule has 4 heteroatoms. The van der Waals surface area contributed by atoms with Gasteiger partial charge in [0.05, 0.1) is 18.0 Å². The number of hydrogen-bond acceptors (Lipinski definition) is 3. The average molecular weight is 243 g/mol. The Morgan fingerprint density at radius 2 is 2.31 bits per heavy atom. The number of pyridine rings is 1. The summed E-state index contributed by atoms with van der Waals surface area (Å²) in [6.07, 6.45) is 0. The van der Waals surface area contributed by atoms with Gasteiger partial charge in [-0.15, -0.1) is 0 Å². The first-order chi connectivity index (χ1) is 6.00. The lowest BCUT2D eigenvalue weighted by molar-refractivity contribution is -0.0101. The highest BCUT2D eigenvalue weighted by atomic mass is 79.9. The molecule has 0 unspecified atom stereocenters. The Bertz CT molecular complexity index is 363. The third kappa shape index (κ3) is 1.34. The summed E-state index contributed by atoms with van der Waals surface area (Å²) in [5, 5.41) is 0. The van der Waals surface area contributed by atoms with Gasteiger partial charge in [-0.05, 0) is 35.8 Å². The predicted octanol–water partition coefficient (Wildman–Crippen LogP) is 2.19. The molecule has 2 heterocycles. The molecular formula is C9H11BrN2O. The zero-order valence-electron chi connectivity index (χ0n) is 7.60. The van der Waals surface area contributed by atoms with E-state index >= 15 is 0 Å². The highest BCUT2D eigenvalue weighted by molar-refractivity contribution is 9.10. The number of nitrogens with two attached hydrogens (primary N) is 1. The van der Waals surface area contributed by atoms with Gasteiger partial charge in [0.1, 0.15) is 10.2 Å². The van der Waals surface area contributed by atoms with Crippen LogP contribution < -0.4 is 5.73 Å². The number of nitrogen functional groups attached to an aromatic ring is 1. The molecule has 0 aromatic carbocycles. The molecule has 2 N–H and O–H groups in total. The quantitative estimate of drug-likeness (QED) is 0.710. The summed E-state index contributed by atoms with van der Waals surface area (Å²) in [5.41, 5.74) is 8.17. The number of anilines is 1. The maximum absolute atomic E-state index is 5.72. The van der Waals surface area contributed by atoms with E-state index in [0.717, 1.165) is 11.3 Å². The van der Waals surface area contributed by atoms with Gasteiger partial charge in [-0.25, -0.2) is 4.98 Å². The van der Waals surface area contributed by atoms with Crippen LogP contribution in [-0.2, 0) is 16.9 Å². The Labute approximate surface area is 85.4 Å². The van der Waals surface area contributed by atoms with E-state index in [4.69, 9.17) is 10.5 Å². The third-order valence-electron chi connectivity index (χ3n) is 2.24. The van der Waals surface area contributed by atoms with E-state index in [9.17, 15) is 0 Å². The summed E-state index contributed by atoms with van der Waals surface area (Å²) in [6, 6.07) is 1.92. The minimum Gasteiger partial charge on any atom is -0.397 e. The molecule has 0 radical (unpaired) electrons. The zero-order valence-corrected chi connectivity index (χ0v) is 9.18. The third-order valence-corrected chi connectivity index (χ3v) is 2.88. The lowest BCUT2D eigenvalue weighted by atomic mass is 10.0. The molecule has 1 aromatic rings. The van der Waals surface area contributed by atoms with Crippen molar-refractivity contribution >= 4 is 21.6 Å². The molecule has 1 aliphatic heterocycles. The number of fused-ring (bicyclic) bond motifs is 1. The SMILES string of the molecule is CC1(C)OCc2cc(N)c(Br)nc21. The number of hydrogen-bond donors (Lipinski definition) is 1. The zero-order chi connectivity index (χ0) is 9.64. The average Bonchev–Trinajstić information content (AvgIpc) is 2.31. The van der Waals surface area contributed by atoms with E-state index in [1.54, 1.807) is 0 Å². The van der Waals surface area contributed by atoms with Gasteiger partial charge in [0.2, 0.25) is 0 Å². The van der Waals surface area contributed by atoms with Crippen LogP contribution in [0.15, 0.2) is 10.7 Å². The van der Waals surface area contributed by atoms with E-state index in [-0.39, 0.29) is 5.60 Å². The summed E-state index contributed by atoms with van der Waals surface area (Å²) in [6.45, 7) is 4.62. The minimum absolute atomic E-state index is 0.286. The summed E-state index contributed by atoms with van der Waals surface area (Å²) in [4.78, 5) is 4.37. The predicted molar refractivity (Wildman–Crippen MR) is 54.2 cm³/mol. The first-order valence-electron chi connectivity index (χ1n) is 4.10. The highest BCUT2D eigenvalue weighted by Crippen LogP contribution is 2.36. The van der Waals surface area contributed by atoms with Crippen molar-refractivity contribution in [1.82, 2.24) is 4.98 Å². The highest BCUT2D eigenvalue weighted by Gasteiger charge is 2.33. The normalized spacial score (nSPS) is 18.7. The standard InChI is InChI=1S/C9H11BrN2O/c1-9(2)7-5(4-13-9)3-6(11)8(10)12-7/h3H,4,11H2,1-2H3. The maximum atomic E-state index is 5.72. The van der Waals surface area contributed by atoms with Crippen LogP contribution in [-0.4, -0.2) is 4.98 Å². The fourth-order valence-electron chi connectivity index (χ4n) is 1.51. The van der Waals surface area contributed by atoms with Gasteiger partial charge in [-0.2, -0.15) is 0 Å². The molecule has 0 amide bonds. The van der Waals surface area contributed by atoms with Crippen LogP contribution in [0.2, 0.25) is 0 Å². The van der Waals surface area contributed by atoms with Crippen molar-refractivity contribution in [2.75, 3.05) is 5.73 Å². The fourth-order valence-corrected chi connectivity index (χ4v) is 1.80. The van der Waals surface area contributed by atoms with Crippen LogP contribution in [0, 0.1) is 0 Å². The van der Waals surface area contributed by atoms with Gasteiger partial charge in [0.25, 0.3) is 0 Å². The van der Waals surface area contributed by atoms with Gasteiger partial charge in [0.15, 0.2) is 0 Å². The maximum Gasteiger partial charge on any atom is 0.129 e. The smallest absolute Gasteiger partial charge is 0.129 e. The van der Waals surface area contributed by atoms with Gasteiger partial charge in [-0.3, -0.25) is 0 Å². The Morgan fingerprint density at radius 3 is 3.00 bits per heavy atom. The molecule has 0 fully saturated rings. The van der Waals surface area contributed by atoms with E-state index in [1.807, 2.05) is 19.9 Å². The van der Waals surface area contributed by atoms with Crippen LogP contribution in [0.4, 0.5) is 5.69 Å². The van der Waals surface area contributed by atoms with Gasteiger partial charge in [0, 0.05) is 5.56 Å². The molecule has 70 valence electrons. The molecule has 1 aliphatic rings. The number of halogens is 1. The second-order valence-corrected chi connectivity index (χ2v) is 4.43. The first kappa shape index (κ1) is 8.97. The van der Waals surface area contributed by atoms with E-state index in [1.165, 1.54) is 0 Å². The van der Waals surface area contributed by atoms with Crippen molar-refractivity contribution in [2.45, 2.75) is 26.1 Å². The number of aromatic nitrogens is 1. The fraction of sp³-hybridized carbons (Fsp3) is 0.444. The Balaban J connectivity index is 2.61. The van der Waals surface area contributed by atoms with Gasteiger partial charge in [-0.1, -0.05) is 0 Å². The number of nitrogens with zero attached hydrogens (tertiary/aromatic N) is 1. The molecule has 0 saturated carbocycles. The molecule has 0 atom stereocenters. The molecule has 0 saturated heterocycles. The van der Waals surface area contributed by atoms with Crippen molar-refractivity contribution in [3.05, 3.63) is 21.9 Å². The summed E-state index contributed by atoms with van der Waals surface area (Å²) in [7, 11) is 0. The van der Waals surface area contributed by atoms with Crippen LogP contribution in [0.1, 0.15) is 25.1 Å². The Kier molecular flexibility index (Phi) is 1.85. The van der Waals surface area contributed by atoms with E-state index < -0.39 is 0 Å².